The number of Topliss-reactive ketones (excluding diaryl/α,β-unsaturated/α-hetero) is 1. The summed E-state index contributed by atoms with van der Waals surface area (Å²) in [4.78, 5) is 11.5. The summed E-state index contributed by atoms with van der Waals surface area (Å²) in [6, 6.07) is 9.05. The summed E-state index contributed by atoms with van der Waals surface area (Å²) < 4.78 is 4.82. The molecule has 0 radical (unpaired) electrons. The fourth-order valence-corrected chi connectivity index (χ4v) is 1.20. The monoisotopic (exact) mass is 193 g/mol. The van der Waals surface area contributed by atoms with Gasteiger partial charge in [0.25, 0.3) is 0 Å². The Kier molecular flexibility index (Phi) is 4.29. The van der Waals surface area contributed by atoms with Gasteiger partial charge in [-0.05, 0) is 5.56 Å². The van der Waals surface area contributed by atoms with Crippen LogP contribution in [0.1, 0.15) is 5.56 Å². The molecular weight excluding hydrogens is 178 g/mol. The van der Waals surface area contributed by atoms with E-state index in [1.54, 1.807) is 0 Å². The maximum atomic E-state index is 11.5. The lowest BCUT2D eigenvalue weighted by molar-refractivity contribution is -0.120. The van der Waals surface area contributed by atoms with E-state index in [2.05, 4.69) is 0 Å². The fraction of sp³-hybridized carbons (Fsp3) is 0.364. The lowest BCUT2D eigenvalue weighted by Crippen LogP contribution is -2.35. The highest BCUT2D eigenvalue weighted by Gasteiger charge is 2.12. The second-order valence-electron chi connectivity index (χ2n) is 3.19. The third-order valence-corrected chi connectivity index (χ3v) is 1.98. The van der Waals surface area contributed by atoms with Gasteiger partial charge in [0.05, 0.1) is 12.6 Å². The molecule has 1 aromatic rings. The van der Waals surface area contributed by atoms with Crippen LogP contribution in [-0.4, -0.2) is 25.5 Å². The van der Waals surface area contributed by atoms with Crippen molar-refractivity contribution in [2.75, 3.05) is 13.7 Å². The van der Waals surface area contributed by atoms with Crippen LogP contribution in [-0.2, 0) is 16.0 Å². The number of hydrogen-bond donors (Lipinski definition) is 1. The highest BCUT2D eigenvalue weighted by atomic mass is 16.5. The Bertz CT molecular complexity index is 285. The predicted molar refractivity (Wildman–Crippen MR) is 55.0 cm³/mol. The molecule has 1 unspecified atom stereocenters. The van der Waals surface area contributed by atoms with Crippen LogP contribution < -0.4 is 5.73 Å². The maximum absolute atomic E-state index is 11.5. The molecule has 1 atom stereocenters. The van der Waals surface area contributed by atoms with Crippen molar-refractivity contribution in [3.8, 4) is 0 Å². The maximum Gasteiger partial charge on any atom is 0.156 e. The molecule has 1 rings (SSSR count). The summed E-state index contributed by atoms with van der Waals surface area (Å²) in [7, 11) is 1.54. The van der Waals surface area contributed by atoms with Gasteiger partial charge in [-0.1, -0.05) is 30.3 Å². The van der Waals surface area contributed by atoms with Gasteiger partial charge in [-0.3, -0.25) is 4.79 Å². The first-order chi connectivity index (χ1) is 6.74. The number of ketones is 1. The van der Waals surface area contributed by atoms with Gasteiger partial charge in [-0.2, -0.15) is 0 Å². The summed E-state index contributed by atoms with van der Waals surface area (Å²) >= 11 is 0. The Hall–Kier alpha value is -1.19. The Morgan fingerprint density at radius 1 is 1.43 bits per heavy atom. The van der Waals surface area contributed by atoms with Gasteiger partial charge < -0.3 is 10.5 Å². The number of nitrogens with two attached hydrogens (primary N) is 1. The van der Waals surface area contributed by atoms with Crippen molar-refractivity contribution in [3.05, 3.63) is 35.9 Å². The molecule has 2 N–H and O–H groups in total. The number of carbonyl (C=O) groups excluding carboxylic acids is 1. The first-order valence-corrected chi connectivity index (χ1v) is 4.55. The predicted octanol–water partition coefficient (Wildman–Crippen LogP) is 0.772. The molecule has 3 heteroatoms. The molecule has 0 aliphatic heterocycles. The van der Waals surface area contributed by atoms with E-state index in [0.717, 1.165) is 5.56 Å². The summed E-state index contributed by atoms with van der Waals surface area (Å²) in [5.41, 5.74) is 6.59. The van der Waals surface area contributed by atoms with Crippen LogP contribution in [0.5, 0.6) is 0 Å². The second-order valence-corrected chi connectivity index (χ2v) is 3.19. The van der Waals surface area contributed by atoms with E-state index in [0.29, 0.717) is 6.42 Å². The summed E-state index contributed by atoms with van der Waals surface area (Å²) in [6.07, 6.45) is 0.380. The summed E-state index contributed by atoms with van der Waals surface area (Å²) in [5, 5.41) is 0. The average molecular weight is 193 g/mol. The van der Waals surface area contributed by atoms with Crippen molar-refractivity contribution < 1.29 is 9.53 Å². The zero-order valence-corrected chi connectivity index (χ0v) is 8.27. The van der Waals surface area contributed by atoms with Gasteiger partial charge >= 0.3 is 0 Å². The van der Waals surface area contributed by atoms with Crippen molar-refractivity contribution in [2.45, 2.75) is 12.5 Å². The van der Waals surface area contributed by atoms with Crippen LogP contribution in [0.3, 0.4) is 0 Å². The minimum Gasteiger partial charge on any atom is -0.383 e. The molecule has 0 bridgehead atoms. The van der Waals surface area contributed by atoms with E-state index in [9.17, 15) is 4.79 Å². The smallest absolute Gasteiger partial charge is 0.156 e. The Balaban J connectivity index is 2.49. The number of rotatable bonds is 5. The number of hydrogen-bond acceptors (Lipinski definition) is 3. The van der Waals surface area contributed by atoms with E-state index in [1.165, 1.54) is 7.11 Å². The quantitative estimate of drug-likeness (QED) is 0.751. The van der Waals surface area contributed by atoms with Gasteiger partial charge in [0.2, 0.25) is 0 Å². The number of carbonyl (C=O) groups is 1. The lowest BCUT2D eigenvalue weighted by atomic mass is 10.1. The van der Waals surface area contributed by atoms with Gasteiger partial charge in [0.1, 0.15) is 0 Å². The summed E-state index contributed by atoms with van der Waals surface area (Å²) in [6.45, 7) is 0.283. The Morgan fingerprint density at radius 2 is 2.07 bits per heavy atom. The molecule has 0 saturated heterocycles. The Morgan fingerprint density at radius 3 is 2.64 bits per heavy atom. The zero-order valence-electron chi connectivity index (χ0n) is 8.27. The molecule has 3 nitrogen and oxygen atoms in total. The van der Waals surface area contributed by atoms with Crippen molar-refractivity contribution in [1.29, 1.82) is 0 Å². The average Bonchev–Trinajstić information content (AvgIpc) is 2.19. The molecule has 76 valence electrons. The summed E-state index contributed by atoms with van der Waals surface area (Å²) in [5.74, 6) is 0.0121. The standard InChI is InChI=1S/C11H15NO2/c1-14-8-10(12)11(13)7-9-5-3-2-4-6-9/h2-6,10H,7-8,12H2,1H3. The fourth-order valence-electron chi connectivity index (χ4n) is 1.20. The molecule has 14 heavy (non-hydrogen) atoms. The molecule has 0 fully saturated rings. The third-order valence-electron chi connectivity index (χ3n) is 1.98. The highest BCUT2D eigenvalue weighted by molar-refractivity contribution is 5.85. The molecular formula is C11H15NO2. The lowest BCUT2D eigenvalue weighted by Gasteiger charge is -2.08. The first-order valence-electron chi connectivity index (χ1n) is 4.55. The van der Waals surface area contributed by atoms with Crippen LogP contribution in [0.4, 0.5) is 0 Å². The SMILES string of the molecule is COCC(N)C(=O)Cc1ccccc1. The van der Waals surface area contributed by atoms with E-state index < -0.39 is 6.04 Å². The molecule has 0 aliphatic carbocycles. The van der Waals surface area contributed by atoms with E-state index >= 15 is 0 Å². The largest absolute Gasteiger partial charge is 0.383 e. The van der Waals surface area contributed by atoms with Crippen LogP contribution in [0.2, 0.25) is 0 Å². The van der Waals surface area contributed by atoms with E-state index in [4.69, 9.17) is 10.5 Å². The van der Waals surface area contributed by atoms with Crippen molar-refractivity contribution >= 4 is 5.78 Å². The normalized spacial score (nSPS) is 12.4. The van der Waals surface area contributed by atoms with Crippen LogP contribution >= 0.6 is 0 Å². The van der Waals surface area contributed by atoms with Crippen LogP contribution in [0.15, 0.2) is 30.3 Å². The molecule has 0 heterocycles. The topological polar surface area (TPSA) is 52.3 Å². The second kappa shape index (κ2) is 5.52. The minimum atomic E-state index is -0.514. The molecule has 0 saturated carbocycles. The van der Waals surface area contributed by atoms with Crippen LogP contribution in [0, 0.1) is 0 Å². The number of benzene rings is 1. The third kappa shape index (κ3) is 3.28. The van der Waals surface area contributed by atoms with Gasteiger partial charge in [-0.15, -0.1) is 0 Å². The molecule has 0 aliphatic rings. The zero-order chi connectivity index (χ0) is 10.4. The first kappa shape index (κ1) is 10.9. The van der Waals surface area contributed by atoms with Crippen molar-refractivity contribution in [1.82, 2.24) is 0 Å². The molecule has 1 aromatic carbocycles. The van der Waals surface area contributed by atoms with Crippen molar-refractivity contribution in [2.24, 2.45) is 5.73 Å². The van der Waals surface area contributed by atoms with Gasteiger partial charge in [0.15, 0.2) is 5.78 Å². The van der Waals surface area contributed by atoms with E-state index in [-0.39, 0.29) is 12.4 Å². The van der Waals surface area contributed by atoms with Crippen molar-refractivity contribution in [3.63, 3.8) is 0 Å². The van der Waals surface area contributed by atoms with E-state index in [1.807, 2.05) is 30.3 Å². The van der Waals surface area contributed by atoms with Gasteiger partial charge in [0, 0.05) is 13.5 Å². The molecule has 0 amide bonds. The Labute approximate surface area is 83.9 Å². The molecule has 0 aromatic heterocycles. The number of ether oxygens (including phenoxy) is 1. The number of methoxy groups -OCH3 is 1. The minimum absolute atomic E-state index is 0.0121. The van der Waals surface area contributed by atoms with Crippen LogP contribution in [0.25, 0.3) is 0 Å². The van der Waals surface area contributed by atoms with Gasteiger partial charge in [-0.25, -0.2) is 0 Å². The highest BCUT2D eigenvalue weighted by Crippen LogP contribution is 2.01. The molecule has 0 spiro atoms.